The van der Waals surface area contributed by atoms with Crippen LogP contribution in [0, 0.1) is 5.82 Å². The van der Waals surface area contributed by atoms with Crippen LogP contribution in [0.4, 0.5) is 4.39 Å². The summed E-state index contributed by atoms with van der Waals surface area (Å²) in [6.45, 7) is 0. The number of benzene rings is 1. The fourth-order valence-corrected chi connectivity index (χ4v) is 3.04. The molecule has 0 aliphatic heterocycles. The molecule has 2 N–H and O–H groups in total. The lowest BCUT2D eigenvalue weighted by molar-refractivity contribution is -0.145. The minimum Gasteiger partial charge on any atom is -0.480 e. The van der Waals surface area contributed by atoms with E-state index in [0.717, 1.165) is 19.3 Å². The van der Waals surface area contributed by atoms with E-state index in [1.165, 1.54) is 18.2 Å². The third-order valence-corrected chi connectivity index (χ3v) is 4.30. The first-order valence-electron chi connectivity index (χ1n) is 6.45. The Bertz CT molecular complexity index is 541. The van der Waals surface area contributed by atoms with Gasteiger partial charge < -0.3 is 10.4 Å². The average Bonchev–Trinajstić information content (AvgIpc) is 2.39. The molecule has 0 unspecified atom stereocenters. The summed E-state index contributed by atoms with van der Waals surface area (Å²) in [5.41, 5.74) is -0.971. The molecule has 2 rings (SSSR count). The molecule has 1 fully saturated rings. The average molecular weight is 344 g/mol. The van der Waals surface area contributed by atoms with E-state index in [9.17, 15) is 19.1 Å². The van der Waals surface area contributed by atoms with E-state index in [1.54, 1.807) is 0 Å². The summed E-state index contributed by atoms with van der Waals surface area (Å²) >= 11 is 3.12. The van der Waals surface area contributed by atoms with Gasteiger partial charge in [0.05, 0.1) is 5.56 Å². The number of halogens is 2. The largest absolute Gasteiger partial charge is 0.480 e. The van der Waals surface area contributed by atoms with Gasteiger partial charge >= 0.3 is 5.97 Å². The minimum atomic E-state index is -1.21. The fraction of sp³-hybridized carbons (Fsp3) is 0.429. The van der Waals surface area contributed by atoms with Gasteiger partial charge in [0.1, 0.15) is 11.4 Å². The monoisotopic (exact) mass is 343 g/mol. The molecule has 0 spiro atoms. The number of aliphatic carboxylic acids is 1. The van der Waals surface area contributed by atoms with Gasteiger partial charge in [0.25, 0.3) is 5.91 Å². The van der Waals surface area contributed by atoms with E-state index in [2.05, 4.69) is 21.2 Å². The third kappa shape index (κ3) is 3.00. The van der Waals surface area contributed by atoms with Crippen LogP contribution in [0.5, 0.6) is 0 Å². The molecule has 1 saturated carbocycles. The predicted octanol–water partition coefficient (Wildman–Crippen LogP) is 3.11. The molecule has 0 atom stereocenters. The van der Waals surface area contributed by atoms with Crippen molar-refractivity contribution in [3.05, 3.63) is 34.1 Å². The molecule has 1 aromatic carbocycles. The predicted molar refractivity (Wildman–Crippen MR) is 75.0 cm³/mol. The summed E-state index contributed by atoms with van der Waals surface area (Å²) in [5.74, 6) is -1.97. The lowest BCUT2D eigenvalue weighted by atomic mass is 9.81. The second-order valence-electron chi connectivity index (χ2n) is 5.03. The molecule has 1 amide bonds. The van der Waals surface area contributed by atoms with E-state index < -0.39 is 23.2 Å². The van der Waals surface area contributed by atoms with Crippen molar-refractivity contribution in [2.24, 2.45) is 0 Å². The molecule has 108 valence electrons. The number of nitrogens with one attached hydrogen (secondary N) is 1. The number of hydrogen-bond donors (Lipinski definition) is 2. The maximum Gasteiger partial charge on any atom is 0.329 e. The first-order chi connectivity index (χ1) is 9.44. The minimum absolute atomic E-state index is 0.234. The summed E-state index contributed by atoms with van der Waals surface area (Å²) in [4.78, 5) is 23.7. The van der Waals surface area contributed by atoms with E-state index in [0.29, 0.717) is 17.3 Å². The molecule has 0 bridgehead atoms. The summed E-state index contributed by atoms with van der Waals surface area (Å²) < 4.78 is 13.3. The lowest BCUT2D eigenvalue weighted by Gasteiger charge is -2.34. The van der Waals surface area contributed by atoms with Gasteiger partial charge in [-0.05, 0) is 47.0 Å². The smallest absolute Gasteiger partial charge is 0.329 e. The number of amides is 1. The van der Waals surface area contributed by atoms with Crippen LogP contribution in [0.3, 0.4) is 0 Å². The molecule has 1 aromatic rings. The SMILES string of the molecule is O=C(NC1(C(=O)O)CCCCC1)c1ccc(F)cc1Br. The first-order valence-corrected chi connectivity index (χ1v) is 7.25. The standard InChI is InChI=1S/C14H15BrFNO3/c15-11-8-9(16)4-5-10(11)12(18)17-14(13(19)20)6-2-1-3-7-14/h4-5,8H,1-3,6-7H2,(H,17,18)(H,19,20). The number of hydrogen-bond acceptors (Lipinski definition) is 2. The van der Waals surface area contributed by atoms with Gasteiger partial charge in [0, 0.05) is 4.47 Å². The van der Waals surface area contributed by atoms with Crippen LogP contribution in [0.15, 0.2) is 22.7 Å². The molecule has 0 saturated heterocycles. The van der Waals surface area contributed by atoms with Gasteiger partial charge in [-0.25, -0.2) is 9.18 Å². The van der Waals surface area contributed by atoms with E-state index >= 15 is 0 Å². The van der Waals surface area contributed by atoms with Crippen molar-refractivity contribution in [1.29, 1.82) is 0 Å². The number of carboxylic acid groups (broad SMARTS) is 1. The summed E-state index contributed by atoms with van der Waals surface area (Å²) in [7, 11) is 0. The molecule has 6 heteroatoms. The highest BCUT2D eigenvalue weighted by Crippen LogP contribution is 2.29. The zero-order chi connectivity index (χ0) is 14.8. The highest BCUT2D eigenvalue weighted by molar-refractivity contribution is 9.10. The second-order valence-corrected chi connectivity index (χ2v) is 5.88. The fourth-order valence-electron chi connectivity index (χ4n) is 2.51. The van der Waals surface area contributed by atoms with Crippen LogP contribution in [-0.4, -0.2) is 22.5 Å². The van der Waals surface area contributed by atoms with Gasteiger partial charge in [0.15, 0.2) is 0 Å². The second kappa shape index (κ2) is 5.91. The number of carboxylic acids is 1. The third-order valence-electron chi connectivity index (χ3n) is 3.65. The molecular weight excluding hydrogens is 329 g/mol. The Balaban J connectivity index is 2.22. The van der Waals surface area contributed by atoms with Crippen molar-refractivity contribution in [2.45, 2.75) is 37.6 Å². The highest BCUT2D eigenvalue weighted by atomic mass is 79.9. The molecule has 0 aromatic heterocycles. The van der Waals surface area contributed by atoms with Crippen LogP contribution in [0.2, 0.25) is 0 Å². The topological polar surface area (TPSA) is 66.4 Å². The van der Waals surface area contributed by atoms with E-state index in [4.69, 9.17) is 0 Å². The zero-order valence-corrected chi connectivity index (χ0v) is 12.4. The van der Waals surface area contributed by atoms with Crippen molar-refractivity contribution >= 4 is 27.8 Å². The molecule has 20 heavy (non-hydrogen) atoms. The number of rotatable bonds is 3. The number of carbonyl (C=O) groups excluding carboxylic acids is 1. The van der Waals surface area contributed by atoms with Crippen LogP contribution in [-0.2, 0) is 4.79 Å². The van der Waals surface area contributed by atoms with Crippen LogP contribution in [0.1, 0.15) is 42.5 Å². The normalized spacial score (nSPS) is 17.5. The van der Waals surface area contributed by atoms with Gasteiger partial charge in [-0.3, -0.25) is 4.79 Å². The summed E-state index contributed by atoms with van der Waals surface area (Å²) in [6, 6.07) is 3.70. The van der Waals surface area contributed by atoms with Crippen molar-refractivity contribution in [3.8, 4) is 0 Å². The zero-order valence-electron chi connectivity index (χ0n) is 10.8. The van der Waals surface area contributed by atoms with Gasteiger partial charge in [-0.1, -0.05) is 19.3 Å². The molecule has 0 radical (unpaired) electrons. The molecular formula is C14H15BrFNO3. The van der Waals surface area contributed by atoms with Gasteiger partial charge in [0.2, 0.25) is 0 Å². The Morgan fingerprint density at radius 2 is 1.90 bits per heavy atom. The van der Waals surface area contributed by atoms with Crippen molar-refractivity contribution < 1.29 is 19.1 Å². The van der Waals surface area contributed by atoms with E-state index in [1.807, 2.05) is 0 Å². The van der Waals surface area contributed by atoms with Crippen LogP contribution >= 0.6 is 15.9 Å². The molecule has 1 aliphatic carbocycles. The van der Waals surface area contributed by atoms with Crippen LogP contribution < -0.4 is 5.32 Å². The summed E-state index contributed by atoms with van der Waals surface area (Å²) in [6.07, 6.45) is 3.37. The van der Waals surface area contributed by atoms with Gasteiger partial charge in [-0.2, -0.15) is 0 Å². The highest BCUT2D eigenvalue weighted by Gasteiger charge is 2.41. The molecule has 4 nitrogen and oxygen atoms in total. The van der Waals surface area contributed by atoms with Gasteiger partial charge in [-0.15, -0.1) is 0 Å². The van der Waals surface area contributed by atoms with Crippen LogP contribution in [0.25, 0.3) is 0 Å². The Hall–Kier alpha value is -1.43. The van der Waals surface area contributed by atoms with Crippen molar-refractivity contribution in [2.75, 3.05) is 0 Å². The Morgan fingerprint density at radius 1 is 1.25 bits per heavy atom. The van der Waals surface area contributed by atoms with E-state index in [-0.39, 0.29) is 5.56 Å². The maximum absolute atomic E-state index is 13.0. The Kier molecular flexibility index (Phi) is 4.42. The molecule has 1 aliphatic rings. The number of carbonyl (C=O) groups is 2. The Labute approximate surface area is 124 Å². The van der Waals surface area contributed by atoms with Crippen molar-refractivity contribution in [1.82, 2.24) is 5.32 Å². The van der Waals surface area contributed by atoms with Crippen molar-refractivity contribution in [3.63, 3.8) is 0 Å². The quantitative estimate of drug-likeness (QED) is 0.886. The molecule has 0 heterocycles. The lowest BCUT2D eigenvalue weighted by Crippen LogP contribution is -2.55. The maximum atomic E-state index is 13.0. The first kappa shape index (κ1) is 15.0. The summed E-state index contributed by atoms with van der Waals surface area (Å²) in [5, 5.41) is 12.0. The Morgan fingerprint density at radius 3 is 2.45 bits per heavy atom.